The van der Waals surface area contributed by atoms with Crippen molar-refractivity contribution < 1.29 is 18.9 Å². The molecule has 1 aromatic rings. The standard InChI is InChI=1S/C14H25BrN2O4/c1-4-12-14(15)13(17(2)16-12)11-21-10-9-20-8-7-19-6-5-18-3/h4-11H2,1-3H3. The highest BCUT2D eigenvalue weighted by Gasteiger charge is 2.12. The molecular formula is C14H25BrN2O4. The second kappa shape index (κ2) is 11.1. The topological polar surface area (TPSA) is 54.7 Å². The maximum absolute atomic E-state index is 5.61. The highest BCUT2D eigenvalue weighted by Crippen LogP contribution is 2.22. The van der Waals surface area contributed by atoms with Crippen molar-refractivity contribution in [3.8, 4) is 0 Å². The smallest absolute Gasteiger partial charge is 0.0897 e. The maximum Gasteiger partial charge on any atom is 0.0897 e. The Bertz CT molecular complexity index is 399. The predicted octanol–water partition coefficient (Wildman–Crippen LogP) is 1.94. The van der Waals surface area contributed by atoms with E-state index in [1.165, 1.54) is 0 Å². The number of aryl methyl sites for hydroxylation is 2. The molecule has 0 spiro atoms. The molecule has 0 aliphatic rings. The summed E-state index contributed by atoms with van der Waals surface area (Å²) in [7, 11) is 3.58. The molecule has 1 heterocycles. The summed E-state index contributed by atoms with van der Waals surface area (Å²) in [6, 6.07) is 0. The summed E-state index contributed by atoms with van der Waals surface area (Å²) in [6.07, 6.45) is 0.903. The Balaban J connectivity index is 2.06. The molecule has 6 nitrogen and oxygen atoms in total. The first kappa shape index (κ1) is 18.6. The van der Waals surface area contributed by atoms with Crippen LogP contribution in [0.4, 0.5) is 0 Å². The number of halogens is 1. The van der Waals surface area contributed by atoms with E-state index in [4.69, 9.17) is 18.9 Å². The lowest BCUT2D eigenvalue weighted by atomic mass is 10.3. The molecule has 0 unspecified atom stereocenters. The van der Waals surface area contributed by atoms with Gasteiger partial charge in [0, 0.05) is 14.2 Å². The average molecular weight is 365 g/mol. The van der Waals surface area contributed by atoms with Gasteiger partial charge in [-0.25, -0.2) is 0 Å². The molecule has 0 atom stereocenters. The van der Waals surface area contributed by atoms with E-state index in [1.807, 2.05) is 11.7 Å². The Hall–Kier alpha value is -0.470. The van der Waals surface area contributed by atoms with Crippen molar-refractivity contribution in [1.82, 2.24) is 9.78 Å². The molecule has 0 aliphatic carbocycles. The van der Waals surface area contributed by atoms with Gasteiger partial charge in [0.1, 0.15) is 0 Å². The minimum Gasteiger partial charge on any atom is -0.382 e. The number of nitrogens with zero attached hydrogens (tertiary/aromatic N) is 2. The predicted molar refractivity (Wildman–Crippen MR) is 83.5 cm³/mol. The van der Waals surface area contributed by atoms with Crippen molar-refractivity contribution in [1.29, 1.82) is 0 Å². The fourth-order valence-electron chi connectivity index (χ4n) is 1.73. The molecule has 21 heavy (non-hydrogen) atoms. The molecule has 0 amide bonds. The Morgan fingerprint density at radius 3 is 2.10 bits per heavy atom. The highest BCUT2D eigenvalue weighted by molar-refractivity contribution is 9.10. The van der Waals surface area contributed by atoms with E-state index >= 15 is 0 Å². The van der Waals surface area contributed by atoms with Crippen molar-refractivity contribution in [2.24, 2.45) is 7.05 Å². The molecule has 0 aliphatic heterocycles. The summed E-state index contributed by atoms with van der Waals surface area (Å²) >= 11 is 3.56. The lowest BCUT2D eigenvalue weighted by Gasteiger charge is -2.07. The summed E-state index contributed by atoms with van der Waals surface area (Å²) < 4.78 is 24.1. The van der Waals surface area contributed by atoms with Gasteiger partial charge in [-0.15, -0.1) is 0 Å². The molecular weight excluding hydrogens is 340 g/mol. The number of methoxy groups -OCH3 is 1. The molecule has 0 saturated heterocycles. The van der Waals surface area contributed by atoms with E-state index in [0.717, 1.165) is 22.3 Å². The van der Waals surface area contributed by atoms with Gasteiger partial charge in [-0.3, -0.25) is 4.68 Å². The SMILES string of the molecule is CCc1nn(C)c(COCCOCCOCCOC)c1Br. The zero-order valence-corrected chi connectivity index (χ0v) is 14.6. The first-order chi connectivity index (χ1) is 10.2. The summed E-state index contributed by atoms with van der Waals surface area (Å²) in [5.74, 6) is 0. The molecule has 1 aromatic heterocycles. The van der Waals surface area contributed by atoms with Crippen molar-refractivity contribution in [3.63, 3.8) is 0 Å². The second-order valence-corrected chi connectivity index (χ2v) is 5.25. The summed E-state index contributed by atoms with van der Waals surface area (Å²) in [4.78, 5) is 0. The van der Waals surface area contributed by atoms with Crippen LogP contribution in [0.15, 0.2) is 4.47 Å². The number of ether oxygens (including phenoxy) is 4. The zero-order chi connectivity index (χ0) is 15.5. The lowest BCUT2D eigenvalue weighted by Crippen LogP contribution is -2.11. The van der Waals surface area contributed by atoms with Gasteiger partial charge in [0.25, 0.3) is 0 Å². The van der Waals surface area contributed by atoms with Crippen LogP contribution in [0.25, 0.3) is 0 Å². The van der Waals surface area contributed by atoms with E-state index in [0.29, 0.717) is 46.2 Å². The van der Waals surface area contributed by atoms with Gasteiger partial charge in [-0.2, -0.15) is 5.10 Å². The third kappa shape index (κ3) is 6.88. The summed E-state index contributed by atoms with van der Waals surface area (Å²) in [6.45, 7) is 6.09. The summed E-state index contributed by atoms with van der Waals surface area (Å²) in [5.41, 5.74) is 2.11. The fraction of sp³-hybridized carbons (Fsp3) is 0.786. The molecule has 1 rings (SSSR count). The van der Waals surface area contributed by atoms with Gasteiger partial charge < -0.3 is 18.9 Å². The van der Waals surface area contributed by atoms with Gasteiger partial charge in [0.05, 0.1) is 62.1 Å². The van der Waals surface area contributed by atoms with Gasteiger partial charge in [-0.05, 0) is 22.4 Å². The zero-order valence-electron chi connectivity index (χ0n) is 13.1. The van der Waals surface area contributed by atoms with Gasteiger partial charge in [-0.1, -0.05) is 6.92 Å². The van der Waals surface area contributed by atoms with Crippen molar-refractivity contribution in [2.45, 2.75) is 20.0 Å². The quantitative estimate of drug-likeness (QED) is 0.530. The van der Waals surface area contributed by atoms with Crippen LogP contribution in [0, 0.1) is 0 Å². The van der Waals surface area contributed by atoms with Gasteiger partial charge in [0.15, 0.2) is 0 Å². The maximum atomic E-state index is 5.61. The Kier molecular flexibility index (Phi) is 9.86. The van der Waals surface area contributed by atoms with Crippen LogP contribution < -0.4 is 0 Å². The Morgan fingerprint density at radius 2 is 1.57 bits per heavy atom. The molecule has 0 radical (unpaired) electrons. The van der Waals surface area contributed by atoms with Crippen LogP contribution >= 0.6 is 15.9 Å². The third-order valence-corrected chi connectivity index (χ3v) is 3.83. The molecule has 0 fully saturated rings. The molecule has 0 N–H and O–H groups in total. The molecule has 0 aromatic carbocycles. The Morgan fingerprint density at radius 1 is 1.00 bits per heavy atom. The van der Waals surface area contributed by atoms with Crippen LogP contribution in [0.2, 0.25) is 0 Å². The number of hydrogen-bond donors (Lipinski definition) is 0. The minimum atomic E-state index is 0.526. The van der Waals surface area contributed by atoms with Crippen molar-refractivity contribution >= 4 is 15.9 Å². The van der Waals surface area contributed by atoms with Crippen molar-refractivity contribution in [3.05, 3.63) is 15.9 Å². The largest absolute Gasteiger partial charge is 0.382 e. The van der Waals surface area contributed by atoms with Crippen LogP contribution in [0.5, 0.6) is 0 Å². The van der Waals surface area contributed by atoms with Crippen LogP contribution in [0.1, 0.15) is 18.3 Å². The number of rotatable bonds is 12. The molecule has 122 valence electrons. The monoisotopic (exact) mass is 364 g/mol. The van der Waals surface area contributed by atoms with E-state index in [-0.39, 0.29) is 0 Å². The molecule has 7 heteroatoms. The first-order valence-electron chi connectivity index (χ1n) is 7.13. The number of hydrogen-bond acceptors (Lipinski definition) is 5. The molecule has 0 saturated carbocycles. The first-order valence-corrected chi connectivity index (χ1v) is 7.92. The Labute approximate surface area is 134 Å². The van der Waals surface area contributed by atoms with Gasteiger partial charge in [0.2, 0.25) is 0 Å². The van der Waals surface area contributed by atoms with E-state index < -0.39 is 0 Å². The van der Waals surface area contributed by atoms with Crippen LogP contribution in [-0.4, -0.2) is 56.5 Å². The molecule has 0 bridgehead atoms. The third-order valence-electron chi connectivity index (χ3n) is 2.92. The average Bonchev–Trinajstić information content (AvgIpc) is 2.76. The fourth-order valence-corrected chi connectivity index (χ4v) is 2.46. The normalized spacial score (nSPS) is 11.2. The van der Waals surface area contributed by atoms with Crippen LogP contribution in [0.3, 0.4) is 0 Å². The van der Waals surface area contributed by atoms with E-state index in [1.54, 1.807) is 7.11 Å². The second-order valence-electron chi connectivity index (χ2n) is 4.45. The van der Waals surface area contributed by atoms with Gasteiger partial charge >= 0.3 is 0 Å². The van der Waals surface area contributed by atoms with E-state index in [9.17, 15) is 0 Å². The minimum absolute atomic E-state index is 0.526. The van der Waals surface area contributed by atoms with Crippen LogP contribution in [-0.2, 0) is 39.0 Å². The van der Waals surface area contributed by atoms with E-state index in [2.05, 4.69) is 28.0 Å². The highest BCUT2D eigenvalue weighted by atomic mass is 79.9. The summed E-state index contributed by atoms with van der Waals surface area (Å²) in [5, 5.41) is 4.42. The lowest BCUT2D eigenvalue weighted by molar-refractivity contribution is 0.0000457. The van der Waals surface area contributed by atoms with Crippen molar-refractivity contribution in [2.75, 3.05) is 46.8 Å². The number of aromatic nitrogens is 2.